The number of ether oxygens (including phenoxy) is 2. The first-order chi connectivity index (χ1) is 21.4. The van der Waals surface area contributed by atoms with Crippen LogP contribution in [-0.2, 0) is 22.7 Å². The van der Waals surface area contributed by atoms with E-state index >= 15 is 0 Å². The molecule has 6 atom stereocenters. The molecule has 1 aliphatic carbocycles. The number of rotatable bonds is 13. The third-order valence-electron chi connectivity index (χ3n) is 7.77. The molecule has 0 heterocycles. The number of hydrogen-bond donors (Lipinski definition) is 3. The van der Waals surface area contributed by atoms with Gasteiger partial charge in [0, 0.05) is 14.7 Å². The number of aliphatic hydroxyl groups excluding tert-OH is 3. The molecule has 0 aromatic heterocycles. The van der Waals surface area contributed by atoms with Gasteiger partial charge in [-0.15, -0.1) is 23.5 Å². The van der Waals surface area contributed by atoms with Crippen LogP contribution in [0.2, 0.25) is 0 Å². The Hall–Kier alpha value is -3.22. The third kappa shape index (κ3) is 7.52. The Morgan fingerprint density at radius 1 is 0.705 bits per heavy atom. The molecule has 4 aromatic carbocycles. The number of benzene rings is 4. The standard InChI is InChI=1S/C34H35NO7S2/c36-30-29(35(39)40)28(33(43-26-17-9-3-10-18-26)44-27-19-11-4-12-20-27)31(37)34(32(30)38,42-22-25-15-7-2-8-16-25)23-41-21-24-13-5-1-6-14-24/h1-20,28-33,36-38H,21-23H2/t28-,29-,30+,31-,32+,34+/m1/s1. The molecule has 0 amide bonds. The van der Waals surface area contributed by atoms with E-state index in [-0.39, 0.29) is 19.8 Å². The van der Waals surface area contributed by atoms with E-state index in [1.54, 1.807) is 0 Å². The Morgan fingerprint density at radius 2 is 1.16 bits per heavy atom. The summed E-state index contributed by atoms with van der Waals surface area (Å²) in [6.07, 6.45) is -5.24. The first-order valence-corrected chi connectivity index (χ1v) is 16.1. The normalized spacial score (nSPS) is 25.1. The molecule has 230 valence electrons. The predicted octanol–water partition coefficient (Wildman–Crippen LogP) is 5.43. The smallest absolute Gasteiger partial charge is 0.248 e. The van der Waals surface area contributed by atoms with E-state index in [9.17, 15) is 25.4 Å². The van der Waals surface area contributed by atoms with E-state index in [0.717, 1.165) is 20.9 Å². The minimum Gasteiger partial charge on any atom is -0.389 e. The number of hydrogen-bond acceptors (Lipinski definition) is 9. The summed E-state index contributed by atoms with van der Waals surface area (Å²) in [5.41, 5.74) is -0.248. The van der Waals surface area contributed by atoms with Crippen molar-refractivity contribution in [3.63, 3.8) is 0 Å². The van der Waals surface area contributed by atoms with Gasteiger partial charge in [-0.1, -0.05) is 97.1 Å². The maximum absolute atomic E-state index is 12.6. The lowest BCUT2D eigenvalue weighted by molar-refractivity contribution is -0.558. The Balaban J connectivity index is 1.55. The summed E-state index contributed by atoms with van der Waals surface area (Å²) in [7, 11) is 0. The number of thioether (sulfide) groups is 2. The molecule has 0 unspecified atom stereocenters. The molecular formula is C34H35NO7S2. The molecule has 8 nitrogen and oxygen atoms in total. The molecule has 4 aromatic rings. The highest BCUT2D eigenvalue weighted by Crippen LogP contribution is 2.49. The lowest BCUT2D eigenvalue weighted by Gasteiger charge is -2.51. The zero-order valence-corrected chi connectivity index (χ0v) is 25.5. The fraction of sp³-hybridized carbons (Fsp3) is 0.294. The van der Waals surface area contributed by atoms with Crippen LogP contribution in [-0.4, -0.2) is 61.4 Å². The summed E-state index contributed by atoms with van der Waals surface area (Å²) in [6, 6.07) is 35.8. The van der Waals surface area contributed by atoms with Crippen molar-refractivity contribution in [2.45, 2.75) is 57.5 Å². The van der Waals surface area contributed by atoms with Gasteiger partial charge in [0.2, 0.25) is 6.04 Å². The van der Waals surface area contributed by atoms with Crippen LogP contribution < -0.4 is 0 Å². The summed E-state index contributed by atoms with van der Waals surface area (Å²) in [6.45, 7) is -0.181. The van der Waals surface area contributed by atoms with Crippen molar-refractivity contribution >= 4 is 23.5 Å². The second-order valence-corrected chi connectivity index (χ2v) is 13.4. The van der Waals surface area contributed by atoms with Crippen LogP contribution in [0.3, 0.4) is 0 Å². The molecule has 0 spiro atoms. The molecule has 1 saturated carbocycles. The maximum Gasteiger partial charge on any atom is 0.248 e. The molecule has 3 N–H and O–H groups in total. The second-order valence-electron chi connectivity index (χ2n) is 10.7. The van der Waals surface area contributed by atoms with Crippen molar-refractivity contribution in [2.24, 2.45) is 5.92 Å². The van der Waals surface area contributed by atoms with E-state index < -0.39 is 45.4 Å². The molecule has 0 radical (unpaired) electrons. The van der Waals surface area contributed by atoms with Gasteiger partial charge in [-0.25, -0.2) is 0 Å². The van der Waals surface area contributed by atoms with Gasteiger partial charge < -0.3 is 24.8 Å². The summed E-state index contributed by atoms with van der Waals surface area (Å²) >= 11 is 2.73. The molecule has 0 saturated heterocycles. The summed E-state index contributed by atoms with van der Waals surface area (Å²) in [5, 5.41) is 47.9. The van der Waals surface area contributed by atoms with Gasteiger partial charge in [0.15, 0.2) is 6.10 Å². The van der Waals surface area contributed by atoms with Gasteiger partial charge in [0.05, 0.1) is 36.4 Å². The van der Waals surface area contributed by atoms with Gasteiger partial charge in [-0.05, 0) is 35.4 Å². The fourth-order valence-corrected chi connectivity index (χ4v) is 8.45. The minimum absolute atomic E-state index is 0.0193. The predicted molar refractivity (Wildman–Crippen MR) is 171 cm³/mol. The molecule has 44 heavy (non-hydrogen) atoms. The van der Waals surface area contributed by atoms with Crippen molar-refractivity contribution in [2.75, 3.05) is 6.61 Å². The van der Waals surface area contributed by atoms with Crippen molar-refractivity contribution in [3.8, 4) is 0 Å². The highest BCUT2D eigenvalue weighted by Gasteiger charge is 2.66. The lowest BCUT2D eigenvalue weighted by Crippen LogP contribution is -2.73. The highest BCUT2D eigenvalue weighted by molar-refractivity contribution is 8.17. The molecule has 10 heteroatoms. The molecule has 1 aliphatic rings. The highest BCUT2D eigenvalue weighted by atomic mass is 32.2. The average molecular weight is 634 g/mol. The van der Waals surface area contributed by atoms with E-state index in [1.165, 1.54) is 23.5 Å². The zero-order chi connectivity index (χ0) is 30.9. The summed E-state index contributed by atoms with van der Waals surface area (Å²) in [5.74, 6) is -1.16. The zero-order valence-electron chi connectivity index (χ0n) is 23.9. The van der Waals surface area contributed by atoms with Crippen LogP contribution in [0.25, 0.3) is 0 Å². The van der Waals surface area contributed by atoms with Crippen LogP contribution in [0.15, 0.2) is 131 Å². The van der Waals surface area contributed by atoms with Crippen molar-refractivity contribution in [1.82, 2.24) is 0 Å². The molecule has 5 rings (SSSR count). The number of nitrogens with zero attached hydrogens (tertiary/aromatic N) is 1. The Labute approximate surface area is 265 Å². The van der Waals surface area contributed by atoms with Gasteiger partial charge in [0.25, 0.3) is 0 Å². The number of nitro groups is 1. The van der Waals surface area contributed by atoms with E-state index in [1.807, 2.05) is 121 Å². The molecule has 0 aliphatic heterocycles. The Morgan fingerprint density at radius 3 is 1.64 bits per heavy atom. The summed E-state index contributed by atoms with van der Waals surface area (Å²) in [4.78, 5) is 13.7. The summed E-state index contributed by atoms with van der Waals surface area (Å²) < 4.78 is 11.8. The van der Waals surface area contributed by atoms with Crippen molar-refractivity contribution < 1.29 is 29.7 Å². The fourth-order valence-electron chi connectivity index (χ4n) is 5.49. The van der Waals surface area contributed by atoms with Crippen molar-refractivity contribution in [3.05, 3.63) is 143 Å². The van der Waals surface area contributed by atoms with Crippen LogP contribution in [0.1, 0.15) is 11.1 Å². The molecule has 1 fully saturated rings. The Bertz CT molecular complexity index is 1410. The van der Waals surface area contributed by atoms with E-state index in [0.29, 0.717) is 0 Å². The monoisotopic (exact) mass is 633 g/mol. The first-order valence-electron chi connectivity index (χ1n) is 14.3. The largest absolute Gasteiger partial charge is 0.389 e. The lowest BCUT2D eigenvalue weighted by atomic mass is 9.69. The maximum atomic E-state index is 12.6. The number of aliphatic hydroxyl groups is 3. The van der Waals surface area contributed by atoms with Crippen LogP contribution in [0.4, 0.5) is 0 Å². The van der Waals surface area contributed by atoms with Gasteiger partial charge in [-0.2, -0.15) is 0 Å². The topological polar surface area (TPSA) is 122 Å². The van der Waals surface area contributed by atoms with Crippen LogP contribution in [0.5, 0.6) is 0 Å². The van der Waals surface area contributed by atoms with Gasteiger partial charge >= 0.3 is 0 Å². The van der Waals surface area contributed by atoms with E-state index in [4.69, 9.17) is 9.47 Å². The van der Waals surface area contributed by atoms with Crippen LogP contribution in [0, 0.1) is 16.0 Å². The molecule has 0 bridgehead atoms. The first kappa shape index (κ1) is 32.2. The third-order valence-corrected chi connectivity index (χ3v) is 10.5. The SMILES string of the molecule is O=[N+]([O-])[C@H]1[C@H](O)[C@H](O)[C@@](COCc2ccccc2)(OCc2ccccc2)[C@H](O)[C@@H]1C(Sc1ccccc1)Sc1ccccc1. The minimum atomic E-state index is -1.88. The molecular weight excluding hydrogens is 599 g/mol. The second kappa shape index (κ2) is 15.2. The quantitative estimate of drug-likeness (QED) is 0.0766. The van der Waals surface area contributed by atoms with Crippen molar-refractivity contribution in [1.29, 1.82) is 0 Å². The van der Waals surface area contributed by atoms with Gasteiger partial charge in [-0.3, -0.25) is 10.1 Å². The van der Waals surface area contributed by atoms with E-state index in [2.05, 4.69) is 0 Å². The van der Waals surface area contributed by atoms with Crippen LogP contribution >= 0.6 is 23.5 Å². The van der Waals surface area contributed by atoms with Gasteiger partial charge in [0.1, 0.15) is 11.7 Å². The Kier molecular flexibility index (Phi) is 11.1. The average Bonchev–Trinajstić information content (AvgIpc) is 3.05.